The molecule has 1 atom stereocenters. The lowest BCUT2D eigenvalue weighted by Gasteiger charge is -2.33. The maximum absolute atomic E-state index is 12.6. The Morgan fingerprint density at radius 3 is 2.65 bits per heavy atom. The van der Waals surface area contributed by atoms with Crippen molar-refractivity contribution in [3.8, 4) is 5.75 Å². The summed E-state index contributed by atoms with van der Waals surface area (Å²) in [5, 5.41) is 3.56. The van der Waals surface area contributed by atoms with Crippen molar-refractivity contribution < 1.29 is 14.3 Å². The third-order valence-corrected chi connectivity index (χ3v) is 4.54. The predicted octanol–water partition coefficient (Wildman–Crippen LogP) is 3.20. The molecule has 1 heterocycles. The zero-order valence-electron chi connectivity index (χ0n) is 14.6. The van der Waals surface area contributed by atoms with Crippen LogP contribution >= 0.6 is 11.6 Å². The predicted molar refractivity (Wildman–Crippen MR) is 102 cm³/mol. The molecule has 2 aromatic rings. The molecule has 0 fully saturated rings. The van der Waals surface area contributed by atoms with E-state index in [1.807, 2.05) is 49.4 Å². The van der Waals surface area contributed by atoms with E-state index in [4.69, 9.17) is 16.3 Å². The van der Waals surface area contributed by atoms with Gasteiger partial charge < -0.3 is 10.1 Å². The van der Waals surface area contributed by atoms with Gasteiger partial charge in [-0.25, -0.2) is 0 Å². The van der Waals surface area contributed by atoms with Crippen LogP contribution in [0.5, 0.6) is 5.75 Å². The average molecular weight is 373 g/mol. The van der Waals surface area contributed by atoms with Crippen LogP contribution in [0, 0.1) is 0 Å². The van der Waals surface area contributed by atoms with Crippen molar-refractivity contribution in [1.82, 2.24) is 5.32 Å². The number of carbonyl (C=O) groups is 2. The number of rotatable bonds is 6. The van der Waals surface area contributed by atoms with Gasteiger partial charge in [0.15, 0.2) is 6.10 Å². The number of amides is 2. The molecule has 0 unspecified atom stereocenters. The highest BCUT2D eigenvalue weighted by atomic mass is 35.5. The zero-order chi connectivity index (χ0) is 18.5. The highest BCUT2D eigenvalue weighted by molar-refractivity contribution is 6.30. The first-order valence-electron chi connectivity index (χ1n) is 8.66. The minimum Gasteiger partial charge on any atom is -0.478 e. The molecule has 0 aliphatic carbocycles. The molecule has 136 valence electrons. The van der Waals surface area contributed by atoms with Crippen molar-refractivity contribution in [3.63, 3.8) is 0 Å². The van der Waals surface area contributed by atoms with E-state index in [9.17, 15) is 9.59 Å². The van der Waals surface area contributed by atoms with Crippen molar-refractivity contribution in [2.24, 2.45) is 0 Å². The topological polar surface area (TPSA) is 58.6 Å². The van der Waals surface area contributed by atoms with Crippen LogP contribution in [0.2, 0.25) is 5.02 Å². The molecule has 6 heteroatoms. The summed E-state index contributed by atoms with van der Waals surface area (Å²) in [4.78, 5) is 26.4. The summed E-state index contributed by atoms with van der Waals surface area (Å²) in [5.41, 5.74) is 1.73. The molecule has 1 aliphatic rings. The summed E-state index contributed by atoms with van der Waals surface area (Å²) in [6, 6.07) is 14.8. The number of anilines is 1. The van der Waals surface area contributed by atoms with Crippen molar-refractivity contribution >= 4 is 29.1 Å². The standard InChI is InChI=1S/C20H21ClN2O3/c1-2-17-20(25)23(16-5-3-4-6-18(16)26-17)13-19(24)22-12-11-14-7-9-15(21)10-8-14/h3-10,17H,2,11-13H2,1H3,(H,22,24)/t17-/m1/s1. The van der Waals surface area contributed by atoms with Crippen LogP contribution in [0.3, 0.4) is 0 Å². The summed E-state index contributed by atoms with van der Waals surface area (Å²) >= 11 is 5.87. The maximum Gasteiger partial charge on any atom is 0.268 e. The molecule has 0 radical (unpaired) electrons. The van der Waals surface area contributed by atoms with E-state index >= 15 is 0 Å². The van der Waals surface area contributed by atoms with Crippen LogP contribution in [0.25, 0.3) is 0 Å². The zero-order valence-corrected chi connectivity index (χ0v) is 15.3. The fourth-order valence-corrected chi connectivity index (χ4v) is 3.02. The largest absolute Gasteiger partial charge is 0.478 e. The lowest BCUT2D eigenvalue weighted by molar-refractivity contribution is -0.129. The van der Waals surface area contributed by atoms with Gasteiger partial charge in [-0.1, -0.05) is 42.8 Å². The van der Waals surface area contributed by atoms with Gasteiger partial charge in [-0.05, 0) is 42.7 Å². The first-order chi connectivity index (χ1) is 12.6. The Balaban J connectivity index is 1.60. The number of nitrogens with one attached hydrogen (secondary N) is 1. The SMILES string of the molecule is CC[C@H]1Oc2ccccc2N(CC(=O)NCCc2ccc(Cl)cc2)C1=O. The number of hydrogen-bond acceptors (Lipinski definition) is 3. The first-order valence-corrected chi connectivity index (χ1v) is 9.04. The normalized spacial score (nSPS) is 16.0. The van der Waals surface area contributed by atoms with Crippen molar-refractivity contribution in [2.75, 3.05) is 18.0 Å². The number of hydrogen-bond donors (Lipinski definition) is 1. The molecular weight excluding hydrogens is 352 g/mol. The fourth-order valence-electron chi connectivity index (χ4n) is 2.89. The molecule has 2 amide bonds. The van der Waals surface area contributed by atoms with Crippen LogP contribution in [-0.2, 0) is 16.0 Å². The van der Waals surface area contributed by atoms with E-state index in [2.05, 4.69) is 5.32 Å². The summed E-state index contributed by atoms with van der Waals surface area (Å²) in [7, 11) is 0. The third kappa shape index (κ3) is 4.17. The molecule has 0 aromatic heterocycles. The van der Waals surface area contributed by atoms with E-state index < -0.39 is 6.10 Å². The Kier molecular flexibility index (Phi) is 5.78. The highest BCUT2D eigenvalue weighted by Crippen LogP contribution is 2.34. The van der Waals surface area contributed by atoms with Gasteiger partial charge in [0.2, 0.25) is 5.91 Å². The molecule has 5 nitrogen and oxygen atoms in total. The molecule has 0 spiro atoms. The van der Waals surface area contributed by atoms with Gasteiger partial charge in [-0.15, -0.1) is 0 Å². The molecule has 1 N–H and O–H groups in total. The fraction of sp³-hybridized carbons (Fsp3) is 0.300. The Bertz CT molecular complexity index is 792. The van der Waals surface area contributed by atoms with Gasteiger partial charge in [0.1, 0.15) is 12.3 Å². The molecule has 26 heavy (non-hydrogen) atoms. The second-order valence-electron chi connectivity index (χ2n) is 6.13. The number of carbonyl (C=O) groups excluding carboxylic acids is 2. The van der Waals surface area contributed by atoms with E-state index in [1.165, 1.54) is 4.90 Å². The van der Waals surface area contributed by atoms with Crippen LogP contribution in [0.1, 0.15) is 18.9 Å². The molecule has 1 aliphatic heterocycles. The number of halogens is 1. The molecule has 2 aromatic carbocycles. The summed E-state index contributed by atoms with van der Waals surface area (Å²) in [6.07, 6.45) is 0.711. The van der Waals surface area contributed by atoms with E-state index in [0.29, 0.717) is 35.8 Å². The van der Waals surface area contributed by atoms with E-state index in [0.717, 1.165) is 5.56 Å². The number of fused-ring (bicyclic) bond motifs is 1. The molecule has 0 saturated heterocycles. The Labute approximate surface area is 157 Å². The quantitative estimate of drug-likeness (QED) is 0.847. The molecule has 0 saturated carbocycles. The Hall–Kier alpha value is -2.53. The number of para-hydroxylation sites is 2. The molecular formula is C20H21ClN2O3. The summed E-state index contributed by atoms with van der Waals surface area (Å²) < 4.78 is 5.72. The van der Waals surface area contributed by atoms with E-state index in [1.54, 1.807) is 6.07 Å². The smallest absolute Gasteiger partial charge is 0.268 e. The van der Waals surface area contributed by atoms with E-state index in [-0.39, 0.29) is 18.4 Å². The van der Waals surface area contributed by atoms with Gasteiger partial charge >= 0.3 is 0 Å². The van der Waals surface area contributed by atoms with Crippen LogP contribution < -0.4 is 15.0 Å². The second-order valence-corrected chi connectivity index (χ2v) is 6.57. The number of ether oxygens (including phenoxy) is 1. The lowest BCUT2D eigenvalue weighted by atomic mass is 10.1. The Morgan fingerprint density at radius 1 is 1.19 bits per heavy atom. The number of benzene rings is 2. The van der Waals surface area contributed by atoms with Gasteiger partial charge in [0.05, 0.1) is 5.69 Å². The Morgan fingerprint density at radius 2 is 1.92 bits per heavy atom. The molecule has 3 rings (SSSR count). The maximum atomic E-state index is 12.6. The minimum atomic E-state index is -0.549. The van der Waals surface area contributed by atoms with Gasteiger partial charge in [0, 0.05) is 11.6 Å². The van der Waals surface area contributed by atoms with Crippen molar-refractivity contribution in [1.29, 1.82) is 0 Å². The third-order valence-electron chi connectivity index (χ3n) is 4.29. The van der Waals surface area contributed by atoms with Gasteiger partial charge in [0.25, 0.3) is 5.91 Å². The first kappa shape index (κ1) is 18.3. The van der Waals surface area contributed by atoms with Crippen LogP contribution in [0.4, 0.5) is 5.69 Å². The summed E-state index contributed by atoms with van der Waals surface area (Å²) in [5.74, 6) is 0.255. The highest BCUT2D eigenvalue weighted by Gasteiger charge is 2.34. The molecule has 0 bridgehead atoms. The average Bonchev–Trinajstić information content (AvgIpc) is 2.65. The van der Waals surface area contributed by atoms with Crippen LogP contribution in [-0.4, -0.2) is 31.0 Å². The van der Waals surface area contributed by atoms with Crippen molar-refractivity contribution in [3.05, 3.63) is 59.1 Å². The number of nitrogens with zero attached hydrogens (tertiary/aromatic N) is 1. The van der Waals surface area contributed by atoms with Crippen molar-refractivity contribution in [2.45, 2.75) is 25.9 Å². The van der Waals surface area contributed by atoms with Gasteiger partial charge in [-0.2, -0.15) is 0 Å². The minimum absolute atomic E-state index is 0.0175. The monoisotopic (exact) mass is 372 g/mol. The second kappa shape index (κ2) is 8.23. The lowest BCUT2D eigenvalue weighted by Crippen LogP contribution is -2.49. The van der Waals surface area contributed by atoms with Crippen LogP contribution in [0.15, 0.2) is 48.5 Å². The van der Waals surface area contributed by atoms with Gasteiger partial charge in [-0.3, -0.25) is 14.5 Å². The summed E-state index contributed by atoms with van der Waals surface area (Å²) in [6.45, 7) is 2.37.